The topological polar surface area (TPSA) is 30.3 Å². The van der Waals surface area contributed by atoms with Crippen LogP contribution in [0.1, 0.15) is 33.3 Å². The fourth-order valence-corrected chi connectivity index (χ4v) is 2.10. The maximum absolute atomic E-state index is 8.98. The minimum Gasteiger partial charge on any atom is -0.500 e. The number of hydrogen-bond acceptors (Lipinski definition) is 3. The van der Waals surface area contributed by atoms with E-state index in [1.165, 1.54) is 5.69 Å². The third-order valence-corrected chi connectivity index (χ3v) is 3.02. The van der Waals surface area contributed by atoms with Gasteiger partial charge >= 0.3 is 22.4 Å². The minimum absolute atomic E-state index is 0. The Morgan fingerprint density at radius 1 is 1.06 bits per heavy atom. The monoisotopic (exact) mass is 425 g/mol. The van der Waals surface area contributed by atoms with Crippen molar-refractivity contribution in [3.8, 4) is 6.07 Å². The van der Waals surface area contributed by atoms with Crippen LogP contribution in [0.3, 0.4) is 0 Å². The summed E-state index contributed by atoms with van der Waals surface area (Å²) in [5.41, 5.74) is 3.04. The van der Waals surface area contributed by atoms with Crippen LogP contribution in [-0.4, -0.2) is 12.1 Å². The van der Waals surface area contributed by atoms with Gasteiger partial charge in [0.25, 0.3) is 0 Å². The summed E-state index contributed by atoms with van der Waals surface area (Å²) >= 11 is 0. The van der Waals surface area contributed by atoms with Gasteiger partial charge in [-0.2, -0.15) is 11.9 Å². The largest absolute Gasteiger partial charge is 1.00 e. The first kappa shape index (κ1) is 15.1. The predicted molar refractivity (Wildman–Crippen MR) is 70.7 cm³/mol. The molecular weight excluding hydrogens is 407 g/mol. The molecule has 0 amide bonds. The fourth-order valence-electron chi connectivity index (χ4n) is 2.10. The maximum Gasteiger partial charge on any atom is 1.00 e. The Kier molecular flexibility index (Phi) is 4.86. The molecule has 0 radical (unpaired) electrons. The summed E-state index contributed by atoms with van der Waals surface area (Å²) in [5.74, 6) is 0. The quantitative estimate of drug-likeness (QED) is 0.539. The summed E-state index contributed by atoms with van der Waals surface area (Å²) in [4.78, 5) is 4.46. The first-order valence-electron chi connectivity index (χ1n) is 6.00. The normalized spacial score (nSPS) is 13.6. The predicted octanol–water partition coefficient (Wildman–Crippen LogP) is 3.12. The van der Waals surface area contributed by atoms with E-state index in [1.807, 2.05) is 18.2 Å². The first-order valence-corrected chi connectivity index (χ1v) is 6.00. The molecule has 2 rings (SSSR count). The van der Waals surface area contributed by atoms with E-state index in [0.717, 1.165) is 5.69 Å². The molecule has 4 heteroatoms. The Bertz CT molecular complexity index is 463. The number of rotatable bonds is 2. The van der Waals surface area contributed by atoms with Crippen LogP contribution in [0.5, 0.6) is 0 Å². The number of benzene rings is 1. The van der Waals surface area contributed by atoms with Crippen molar-refractivity contribution in [3.05, 3.63) is 30.4 Å². The first-order chi connectivity index (χ1) is 8.04. The third-order valence-electron chi connectivity index (χ3n) is 3.02. The molecule has 1 aromatic rings. The number of nitriles is 1. The molecule has 0 fully saturated rings. The Morgan fingerprint density at radius 3 is 2.11 bits per heavy atom. The zero-order valence-electron chi connectivity index (χ0n) is 11.1. The summed E-state index contributed by atoms with van der Waals surface area (Å²) < 4.78 is 0. The maximum atomic E-state index is 8.98. The van der Waals surface area contributed by atoms with Gasteiger partial charge in [0.1, 0.15) is 0 Å². The second-order valence-corrected chi connectivity index (χ2v) is 4.93. The van der Waals surface area contributed by atoms with E-state index in [2.05, 4.69) is 50.2 Å². The number of hydrogen-bond donors (Lipinski definition) is 0. The zero-order valence-corrected chi connectivity index (χ0v) is 13.3. The van der Waals surface area contributed by atoms with Crippen molar-refractivity contribution < 1.29 is 22.4 Å². The van der Waals surface area contributed by atoms with Gasteiger partial charge in [0.2, 0.25) is 0 Å². The summed E-state index contributed by atoms with van der Waals surface area (Å²) in [6, 6.07) is 8.90. The van der Waals surface area contributed by atoms with Gasteiger partial charge in [-0.05, 0) is 58.0 Å². The van der Waals surface area contributed by atoms with Crippen LogP contribution in [0.2, 0.25) is 0 Å². The molecule has 1 aliphatic rings. The van der Waals surface area contributed by atoms with Crippen LogP contribution in [-0.2, 0) is 22.4 Å². The molecule has 0 aromatic heterocycles. The summed E-state index contributed by atoms with van der Waals surface area (Å²) in [6.07, 6.45) is 0. The molecule has 0 aliphatic carbocycles. The van der Waals surface area contributed by atoms with Crippen molar-refractivity contribution in [2.24, 2.45) is 0 Å². The van der Waals surface area contributed by atoms with Crippen molar-refractivity contribution in [2.75, 3.05) is 9.80 Å². The van der Waals surface area contributed by atoms with Gasteiger partial charge < -0.3 is 9.80 Å². The van der Waals surface area contributed by atoms with Gasteiger partial charge in [-0.3, -0.25) is 0 Å². The Morgan fingerprint density at radius 2 is 1.61 bits per heavy atom. The van der Waals surface area contributed by atoms with Crippen LogP contribution in [0.15, 0.2) is 18.2 Å². The van der Waals surface area contributed by atoms with Crippen molar-refractivity contribution in [3.63, 3.8) is 0 Å². The molecule has 100 valence electrons. The molecule has 0 saturated heterocycles. The standard InChI is InChI=1S/C14H18N3.Au/c1-10(2)16-9-17(11(3)4)14-7-12(8-15)5-6-13(14)16;/h5-7,9-11H,1-4H3;/q-1;+1. The Labute approximate surface area is 125 Å². The molecule has 0 saturated carbocycles. The van der Waals surface area contributed by atoms with Gasteiger partial charge in [0.05, 0.1) is 11.6 Å². The summed E-state index contributed by atoms with van der Waals surface area (Å²) in [7, 11) is 0. The average Bonchev–Trinajstić information content (AvgIpc) is 2.67. The second-order valence-electron chi connectivity index (χ2n) is 4.93. The van der Waals surface area contributed by atoms with Crippen LogP contribution >= 0.6 is 0 Å². The molecule has 1 heterocycles. The number of anilines is 2. The van der Waals surface area contributed by atoms with Gasteiger partial charge in [0.15, 0.2) is 0 Å². The van der Waals surface area contributed by atoms with Crippen LogP contribution in [0.4, 0.5) is 11.4 Å². The van der Waals surface area contributed by atoms with Crippen molar-refractivity contribution >= 4 is 11.4 Å². The van der Waals surface area contributed by atoms with E-state index in [0.29, 0.717) is 17.6 Å². The summed E-state index contributed by atoms with van der Waals surface area (Å²) in [6.45, 7) is 10.8. The minimum atomic E-state index is 0. The molecular formula is C14H18AuN3. The smallest absolute Gasteiger partial charge is 0.500 e. The van der Waals surface area contributed by atoms with Gasteiger partial charge in [-0.1, -0.05) is 0 Å². The van der Waals surface area contributed by atoms with Gasteiger partial charge in [-0.15, -0.1) is 0 Å². The summed E-state index contributed by atoms with van der Waals surface area (Å²) in [5, 5.41) is 8.98. The SMILES string of the molecule is CC(C)N1[CH-]N(C(C)C)c2cc(C#N)ccc21.[Au+]. The molecule has 18 heavy (non-hydrogen) atoms. The van der Waals surface area contributed by atoms with E-state index in [1.54, 1.807) is 0 Å². The fraction of sp³-hybridized carbons (Fsp3) is 0.429. The average molecular weight is 425 g/mol. The van der Waals surface area contributed by atoms with Crippen molar-refractivity contribution in [1.29, 1.82) is 5.26 Å². The third kappa shape index (κ3) is 2.56. The van der Waals surface area contributed by atoms with Crippen LogP contribution in [0, 0.1) is 18.0 Å². The van der Waals surface area contributed by atoms with Gasteiger partial charge in [0, 0.05) is 11.4 Å². The van der Waals surface area contributed by atoms with Crippen molar-refractivity contribution in [1.82, 2.24) is 0 Å². The molecule has 0 unspecified atom stereocenters. The molecule has 0 bridgehead atoms. The van der Waals surface area contributed by atoms with Crippen molar-refractivity contribution in [2.45, 2.75) is 39.8 Å². The molecule has 0 atom stereocenters. The van der Waals surface area contributed by atoms with E-state index >= 15 is 0 Å². The number of nitrogens with zero attached hydrogens (tertiary/aromatic N) is 3. The van der Waals surface area contributed by atoms with E-state index in [-0.39, 0.29) is 22.4 Å². The number of fused-ring (bicyclic) bond motifs is 1. The van der Waals surface area contributed by atoms with E-state index in [4.69, 9.17) is 5.26 Å². The van der Waals surface area contributed by atoms with E-state index in [9.17, 15) is 0 Å². The van der Waals surface area contributed by atoms with Crippen LogP contribution < -0.4 is 9.80 Å². The molecule has 1 aliphatic heterocycles. The zero-order chi connectivity index (χ0) is 12.6. The van der Waals surface area contributed by atoms with Crippen LogP contribution in [0.25, 0.3) is 0 Å². The molecule has 0 spiro atoms. The molecule has 0 N–H and O–H groups in total. The Hall–Kier alpha value is -0.950. The second kappa shape index (κ2) is 5.79. The van der Waals surface area contributed by atoms with Gasteiger partial charge in [-0.25, -0.2) is 0 Å². The Balaban J connectivity index is 0.00000162. The molecule has 3 nitrogen and oxygen atoms in total. The molecule has 1 aromatic carbocycles. The van der Waals surface area contributed by atoms with E-state index < -0.39 is 0 Å².